The Balaban J connectivity index is 0.00000320. The fourth-order valence-corrected chi connectivity index (χ4v) is 2.86. The van der Waals surface area contributed by atoms with Crippen LogP contribution >= 0.6 is 35.6 Å². The quantitative estimate of drug-likeness (QED) is 0.258. The fourth-order valence-electron chi connectivity index (χ4n) is 2.73. The third-order valence-corrected chi connectivity index (χ3v) is 4.79. The van der Waals surface area contributed by atoms with Crippen LogP contribution in [0.5, 0.6) is 5.75 Å². The van der Waals surface area contributed by atoms with Gasteiger partial charge in [-0.05, 0) is 54.7 Å². The molecular formula is C22H28ClIN4O2. The van der Waals surface area contributed by atoms with E-state index in [9.17, 15) is 4.79 Å². The van der Waals surface area contributed by atoms with E-state index in [1.54, 1.807) is 7.05 Å². The largest absolute Gasteiger partial charge is 0.484 e. The van der Waals surface area contributed by atoms with Gasteiger partial charge >= 0.3 is 0 Å². The van der Waals surface area contributed by atoms with Crippen LogP contribution in [0.15, 0.2) is 53.5 Å². The molecule has 1 amide bonds. The lowest BCUT2D eigenvalue weighted by atomic mass is 10.1. The third kappa shape index (κ3) is 8.79. The van der Waals surface area contributed by atoms with Crippen LogP contribution in [0.25, 0.3) is 0 Å². The van der Waals surface area contributed by atoms with E-state index in [4.69, 9.17) is 16.3 Å². The summed E-state index contributed by atoms with van der Waals surface area (Å²) in [6.45, 7) is 1.49. The molecule has 1 aliphatic rings. The molecule has 6 nitrogen and oxygen atoms in total. The number of hydrogen-bond donors (Lipinski definition) is 3. The summed E-state index contributed by atoms with van der Waals surface area (Å²) >= 11 is 5.91. The van der Waals surface area contributed by atoms with Crippen molar-refractivity contribution < 1.29 is 9.53 Å². The van der Waals surface area contributed by atoms with Crippen LogP contribution in [-0.2, 0) is 17.8 Å². The molecule has 0 heterocycles. The normalized spacial score (nSPS) is 13.2. The van der Waals surface area contributed by atoms with Gasteiger partial charge in [-0.15, -0.1) is 24.0 Å². The SMILES string of the molecule is CN=C(NCCc1ccc(OCC(=O)NC2CC2)cc1)NCc1ccc(Cl)cc1.I. The average molecular weight is 543 g/mol. The van der Waals surface area contributed by atoms with Crippen molar-refractivity contribution in [3.05, 3.63) is 64.7 Å². The molecule has 0 saturated heterocycles. The molecule has 0 atom stereocenters. The van der Waals surface area contributed by atoms with E-state index in [0.29, 0.717) is 18.3 Å². The predicted molar refractivity (Wildman–Crippen MR) is 132 cm³/mol. The first-order valence-corrected chi connectivity index (χ1v) is 10.2. The summed E-state index contributed by atoms with van der Waals surface area (Å²) in [7, 11) is 1.75. The van der Waals surface area contributed by atoms with Crippen molar-refractivity contribution in [1.82, 2.24) is 16.0 Å². The first-order valence-electron chi connectivity index (χ1n) is 9.82. The zero-order valence-electron chi connectivity index (χ0n) is 17.0. The molecule has 2 aromatic carbocycles. The molecule has 3 N–H and O–H groups in total. The van der Waals surface area contributed by atoms with Crippen LogP contribution < -0.4 is 20.7 Å². The van der Waals surface area contributed by atoms with Gasteiger partial charge in [-0.1, -0.05) is 35.9 Å². The Hall–Kier alpha value is -2.00. The van der Waals surface area contributed by atoms with Crippen LogP contribution in [0, 0.1) is 0 Å². The average Bonchev–Trinajstić information content (AvgIpc) is 3.55. The van der Waals surface area contributed by atoms with Crippen molar-refractivity contribution >= 4 is 47.4 Å². The molecule has 0 bridgehead atoms. The van der Waals surface area contributed by atoms with Gasteiger partial charge in [0.25, 0.3) is 5.91 Å². The zero-order valence-corrected chi connectivity index (χ0v) is 20.1. The van der Waals surface area contributed by atoms with Gasteiger partial charge in [0.1, 0.15) is 5.75 Å². The van der Waals surface area contributed by atoms with Crippen molar-refractivity contribution in [3.63, 3.8) is 0 Å². The Bertz CT molecular complexity index is 824. The van der Waals surface area contributed by atoms with Crippen molar-refractivity contribution in [3.8, 4) is 5.75 Å². The molecule has 8 heteroatoms. The van der Waals surface area contributed by atoms with Gasteiger partial charge < -0.3 is 20.7 Å². The summed E-state index contributed by atoms with van der Waals surface area (Å²) in [4.78, 5) is 15.9. The number of nitrogens with zero attached hydrogens (tertiary/aromatic N) is 1. The van der Waals surface area contributed by atoms with E-state index in [1.807, 2.05) is 48.5 Å². The predicted octanol–water partition coefficient (Wildman–Crippen LogP) is 3.52. The minimum atomic E-state index is -0.0572. The van der Waals surface area contributed by atoms with Crippen molar-refractivity contribution in [2.24, 2.45) is 4.99 Å². The highest BCUT2D eigenvalue weighted by atomic mass is 127. The molecule has 0 aliphatic heterocycles. The molecule has 162 valence electrons. The highest BCUT2D eigenvalue weighted by Gasteiger charge is 2.23. The first kappa shape index (κ1) is 24.3. The number of nitrogens with one attached hydrogen (secondary N) is 3. The maximum atomic E-state index is 11.7. The maximum absolute atomic E-state index is 11.7. The molecule has 0 unspecified atom stereocenters. The lowest BCUT2D eigenvalue weighted by Gasteiger charge is -2.12. The van der Waals surface area contributed by atoms with Crippen molar-refractivity contribution in [2.75, 3.05) is 20.2 Å². The molecule has 1 aliphatic carbocycles. The van der Waals surface area contributed by atoms with Crippen LogP contribution in [0.2, 0.25) is 5.02 Å². The maximum Gasteiger partial charge on any atom is 0.258 e. The van der Waals surface area contributed by atoms with Crippen molar-refractivity contribution in [2.45, 2.75) is 31.8 Å². The second-order valence-electron chi connectivity index (χ2n) is 7.00. The van der Waals surface area contributed by atoms with Gasteiger partial charge in [0.2, 0.25) is 0 Å². The van der Waals surface area contributed by atoms with Crippen LogP contribution in [0.1, 0.15) is 24.0 Å². The number of carbonyl (C=O) groups is 1. The number of hydrogen-bond acceptors (Lipinski definition) is 3. The third-order valence-electron chi connectivity index (χ3n) is 4.54. The van der Waals surface area contributed by atoms with Crippen LogP contribution in [0.4, 0.5) is 0 Å². The lowest BCUT2D eigenvalue weighted by molar-refractivity contribution is -0.123. The topological polar surface area (TPSA) is 74.8 Å². The summed E-state index contributed by atoms with van der Waals surface area (Å²) < 4.78 is 5.53. The van der Waals surface area contributed by atoms with Gasteiger partial charge in [-0.2, -0.15) is 0 Å². The van der Waals surface area contributed by atoms with E-state index in [1.165, 1.54) is 5.56 Å². The molecule has 2 aromatic rings. The van der Waals surface area contributed by atoms with Gasteiger partial charge in [-0.25, -0.2) is 0 Å². The fraction of sp³-hybridized carbons (Fsp3) is 0.364. The van der Waals surface area contributed by atoms with Gasteiger partial charge in [-0.3, -0.25) is 9.79 Å². The summed E-state index contributed by atoms with van der Waals surface area (Å²) in [6.07, 6.45) is 3.01. The molecular weight excluding hydrogens is 515 g/mol. The van der Waals surface area contributed by atoms with E-state index >= 15 is 0 Å². The lowest BCUT2D eigenvalue weighted by Crippen LogP contribution is -2.37. The Kier molecular flexibility index (Phi) is 10.2. The molecule has 30 heavy (non-hydrogen) atoms. The molecule has 1 saturated carbocycles. The number of halogens is 2. The monoisotopic (exact) mass is 542 g/mol. The minimum Gasteiger partial charge on any atom is -0.484 e. The summed E-state index contributed by atoms with van der Waals surface area (Å²) in [6, 6.07) is 15.9. The van der Waals surface area contributed by atoms with Crippen LogP contribution in [-0.4, -0.2) is 38.1 Å². The number of rotatable bonds is 9. The number of aliphatic imine (C=N–C) groups is 1. The molecule has 1 fully saturated rings. The Labute approximate surface area is 199 Å². The second kappa shape index (κ2) is 12.6. The molecule has 0 spiro atoms. The zero-order chi connectivity index (χ0) is 20.5. The first-order chi connectivity index (χ1) is 14.1. The summed E-state index contributed by atoms with van der Waals surface area (Å²) in [5.74, 6) is 1.40. The highest BCUT2D eigenvalue weighted by Crippen LogP contribution is 2.18. The second-order valence-corrected chi connectivity index (χ2v) is 7.44. The van der Waals surface area contributed by atoms with E-state index in [-0.39, 0.29) is 36.5 Å². The van der Waals surface area contributed by atoms with E-state index in [0.717, 1.165) is 42.4 Å². The Morgan fingerprint density at radius 2 is 1.73 bits per heavy atom. The number of guanidine groups is 1. The number of amides is 1. The smallest absolute Gasteiger partial charge is 0.258 e. The summed E-state index contributed by atoms with van der Waals surface area (Å²) in [5.41, 5.74) is 2.32. The Morgan fingerprint density at radius 3 is 2.37 bits per heavy atom. The molecule has 0 radical (unpaired) electrons. The molecule has 3 rings (SSSR count). The van der Waals surface area contributed by atoms with Gasteiger partial charge in [0, 0.05) is 31.2 Å². The standard InChI is InChI=1S/C22H27ClN4O2.HI/c1-24-22(26-14-17-2-6-18(23)7-3-17)25-13-12-16-4-10-20(11-5-16)29-15-21(28)27-19-8-9-19;/h2-7,10-11,19H,8-9,12-15H2,1H3,(H,27,28)(H2,24,25,26);1H. The van der Waals surface area contributed by atoms with Gasteiger partial charge in [0.05, 0.1) is 0 Å². The minimum absolute atomic E-state index is 0. The Morgan fingerprint density at radius 1 is 1.07 bits per heavy atom. The van der Waals surface area contributed by atoms with E-state index < -0.39 is 0 Å². The number of ether oxygens (including phenoxy) is 1. The number of benzene rings is 2. The van der Waals surface area contributed by atoms with E-state index in [2.05, 4.69) is 20.9 Å². The van der Waals surface area contributed by atoms with Crippen LogP contribution in [0.3, 0.4) is 0 Å². The highest BCUT2D eigenvalue weighted by molar-refractivity contribution is 14.0. The summed E-state index contributed by atoms with van der Waals surface area (Å²) in [5, 5.41) is 10.2. The number of carbonyl (C=O) groups excluding carboxylic acids is 1. The molecule has 0 aromatic heterocycles. The van der Waals surface area contributed by atoms with Crippen molar-refractivity contribution in [1.29, 1.82) is 0 Å². The van der Waals surface area contributed by atoms with Gasteiger partial charge in [0.15, 0.2) is 12.6 Å².